The predicted molar refractivity (Wildman–Crippen MR) is 98.1 cm³/mol. The second kappa shape index (κ2) is 7.47. The van der Waals surface area contributed by atoms with E-state index in [1.807, 2.05) is 18.7 Å². The largest absolute Gasteiger partial charge is 0.417 e. The number of nitriles is 1. The molecule has 0 fully saturated rings. The van der Waals surface area contributed by atoms with Gasteiger partial charge in [-0.2, -0.15) is 18.4 Å². The molecule has 4 nitrogen and oxygen atoms in total. The lowest BCUT2D eigenvalue weighted by Crippen LogP contribution is -2.36. The van der Waals surface area contributed by atoms with Gasteiger partial charge in [0, 0.05) is 24.0 Å². The van der Waals surface area contributed by atoms with Crippen LogP contribution in [0.15, 0.2) is 30.6 Å². The molecular weight excluding hydrogens is 353 g/mol. The van der Waals surface area contributed by atoms with Gasteiger partial charge >= 0.3 is 6.18 Å². The number of aryl methyl sites for hydroxylation is 1. The van der Waals surface area contributed by atoms with E-state index in [0.717, 1.165) is 42.3 Å². The maximum atomic E-state index is 13.3. The van der Waals surface area contributed by atoms with Crippen molar-refractivity contribution >= 4 is 11.3 Å². The van der Waals surface area contributed by atoms with Crippen LogP contribution in [0, 0.1) is 18.3 Å². The third-order valence-corrected chi connectivity index (χ3v) is 5.02. The summed E-state index contributed by atoms with van der Waals surface area (Å²) in [4.78, 5) is 9.44. The third kappa shape index (κ3) is 3.85. The summed E-state index contributed by atoms with van der Waals surface area (Å²) in [6, 6.07) is 5.69. The van der Waals surface area contributed by atoms with E-state index in [4.69, 9.17) is 5.26 Å². The van der Waals surface area contributed by atoms with Crippen molar-refractivity contribution in [3.05, 3.63) is 53.1 Å². The Hall–Kier alpha value is -2.75. The number of nitrogens with zero attached hydrogens (tertiary/aromatic N) is 3. The molecule has 0 saturated heterocycles. The lowest BCUT2D eigenvalue weighted by molar-refractivity contribution is -0.137. The number of aromatic amines is 1. The molecule has 0 bridgehead atoms. The first kappa shape index (κ1) is 19.0. The molecule has 2 aromatic rings. The summed E-state index contributed by atoms with van der Waals surface area (Å²) in [5.41, 5.74) is 2.30. The summed E-state index contributed by atoms with van der Waals surface area (Å²) in [7, 11) is 0. The van der Waals surface area contributed by atoms with Gasteiger partial charge in [-0.05, 0) is 56.9 Å². The number of hydrogen-bond donors (Lipinski definition) is 1. The molecule has 0 radical (unpaired) electrons. The van der Waals surface area contributed by atoms with E-state index in [1.54, 1.807) is 18.5 Å². The molecule has 27 heavy (non-hydrogen) atoms. The van der Waals surface area contributed by atoms with E-state index >= 15 is 0 Å². The van der Waals surface area contributed by atoms with Crippen LogP contribution in [0.3, 0.4) is 0 Å². The molecule has 3 rings (SSSR count). The Morgan fingerprint density at radius 1 is 1.37 bits per heavy atom. The third-order valence-electron chi connectivity index (χ3n) is 5.02. The van der Waals surface area contributed by atoms with Crippen LogP contribution in [0.2, 0.25) is 0 Å². The number of alkyl halides is 3. The fourth-order valence-electron chi connectivity index (χ4n) is 3.73. The van der Waals surface area contributed by atoms with Crippen LogP contribution in [-0.4, -0.2) is 22.6 Å². The average Bonchev–Trinajstić information content (AvgIpc) is 3.08. The minimum Gasteiger partial charge on any atom is -0.368 e. The highest BCUT2D eigenvalue weighted by molar-refractivity contribution is 5.67. The van der Waals surface area contributed by atoms with Crippen LogP contribution in [-0.2, 0) is 6.18 Å². The number of benzene rings is 1. The summed E-state index contributed by atoms with van der Waals surface area (Å²) >= 11 is 0. The maximum absolute atomic E-state index is 13.3. The van der Waals surface area contributed by atoms with E-state index in [2.05, 4.69) is 16.0 Å². The molecule has 1 aromatic carbocycles. The molecule has 142 valence electrons. The molecule has 1 atom stereocenters. The number of nitrogens with one attached hydrogen (secondary N) is 1. The number of H-pyrrole nitrogens is 1. The highest BCUT2D eigenvalue weighted by Crippen LogP contribution is 2.37. The lowest BCUT2D eigenvalue weighted by Gasteiger charge is -2.36. The molecule has 1 heterocycles. The second-order valence-corrected chi connectivity index (χ2v) is 6.67. The highest BCUT2D eigenvalue weighted by Gasteiger charge is 2.35. The first-order valence-electron chi connectivity index (χ1n) is 8.92. The Morgan fingerprint density at radius 3 is 2.74 bits per heavy atom. The Labute approximate surface area is 156 Å². The van der Waals surface area contributed by atoms with Crippen molar-refractivity contribution in [2.45, 2.75) is 45.3 Å². The summed E-state index contributed by atoms with van der Waals surface area (Å²) < 4.78 is 40.0. The molecule has 1 aliphatic rings. The van der Waals surface area contributed by atoms with Crippen LogP contribution < -0.4 is 4.90 Å². The second-order valence-electron chi connectivity index (χ2n) is 6.67. The SMILES string of the molecule is CCN(c1ccc(C#N)c(C(F)(F)F)c1)C1CCC=C(c2nc[nH]c2C)C1. The smallest absolute Gasteiger partial charge is 0.368 e. The standard InChI is InChI=1S/C20H21F3N4/c1-3-27(17-8-7-15(11-24)18(10-17)20(21,22)23)16-6-4-5-14(9-16)19-13(2)25-12-26-19/h5,7-8,10,12,16H,3-4,6,9H2,1-2H3,(H,25,26). The van der Waals surface area contributed by atoms with Gasteiger partial charge in [-0.3, -0.25) is 0 Å². The Bertz CT molecular complexity index is 889. The van der Waals surface area contributed by atoms with Crippen molar-refractivity contribution in [2.24, 2.45) is 0 Å². The quantitative estimate of drug-likeness (QED) is 0.813. The summed E-state index contributed by atoms with van der Waals surface area (Å²) in [5, 5.41) is 9.00. The van der Waals surface area contributed by atoms with Gasteiger partial charge in [0.05, 0.1) is 29.2 Å². The van der Waals surface area contributed by atoms with Crippen molar-refractivity contribution in [1.82, 2.24) is 9.97 Å². The number of rotatable bonds is 4. The van der Waals surface area contributed by atoms with E-state index in [1.165, 1.54) is 6.07 Å². The van der Waals surface area contributed by atoms with Crippen molar-refractivity contribution in [3.8, 4) is 6.07 Å². The van der Waals surface area contributed by atoms with E-state index < -0.39 is 11.7 Å². The maximum Gasteiger partial charge on any atom is 0.417 e. The molecule has 1 aromatic heterocycles. The van der Waals surface area contributed by atoms with E-state index in [0.29, 0.717) is 12.2 Å². The van der Waals surface area contributed by atoms with E-state index in [-0.39, 0.29) is 11.6 Å². The van der Waals surface area contributed by atoms with Gasteiger partial charge in [0.1, 0.15) is 0 Å². The monoisotopic (exact) mass is 374 g/mol. The zero-order valence-electron chi connectivity index (χ0n) is 15.3. The molecule has 0 saturated carbocycles. The van der Waals surface area contributed by atoms with E-state index in [9.17, 15) is 13.2 Å². The molecule has 1 aliphatic carbocycles. The number of allylic oxidation sites excluding steroid dienone is 1. The number of anilines is 1. The van der Waals surface area contributed by atoms with Crippen LogP contribution in [0.1, 0.15) is 48.7 Å². The van der Waals surface area contributed by atoms with Gasteiger partial charge in [0.25, 0.3) is 0 Å². The molecule has 0 spiro atoms. The Balaban J connectivity index is 1.91. The van der Waals surface area contributed by atoms with Crippen LogP contribution >= 0.6 is 0 Å². The van der Waals surface area contributed by atoms with Gasteiger partial charge in [-0.1, -0.05) is 6.08 Å². The van der Waals surface area contributed by atoms with Crippen molar-refractivity contribution < 1.29 is 13.2 Å². The molecule has 1 unspecified atom stereocenters. The number of imidazole rings is 1. The Kier molecular flexibility index (Phi) is 5.26. The van der Waals surface area contributed by atoms with Crippen molar-refractivity contribution in [3.63, 3.8) is 0 Å². The van der Waals surface area contributed by atoms with Crippen LogP contribution in [0.25, 0.3) is 5.57 Å². The van der Waals surface area contributed by atoms with Gasteiger partial charge in [0.15, 0.2) is 0 Å². The van der Waals surface area contributed by atoms with Gasteiger partial charge in [-0.25, -0.2) is 4.98 Å². The summed E-state index contributed by atoms with van der Waals surface area (Å²) in [5.74, 6) is 0. The minimum atomic E-state index is -4.55. The fourth-order valence-corrected chi connectivity index (χ4v) is 3.73. The molecule has 0 aliphatic heterocycles. The minimum absolute atomic E-state index is 0.0834. The van der Waals surface area contributed by atoms with Crippen LogP contribution in [0.4, 0.5) is 18.9 Å². The Morgan fingerprint density at radius 2 is 2.15 bits per heavy atom. The molecule has 1 N–H and O–H groups in total. The normalized spacial score (nSPS) is 17.3. The number of hydrogen-bond acceptors (Lipinski definition) is 3. The zero-order valence-corrected chi connectivity index (χ0v) is 15.3. The number of aromatic nitrogens is 2. The summed E-state index contributed by atoms with van der Waals surface area (Å²) in [6.07, 6.45) is 1.70. The lowest BCUT2D eigenvalue weighted by atomic mass is 9.90. The highest BCUT2D eigenvalue weighted by atomic mass is 19.4. The molecule has 7 heteroatoms. The van der Waals surface area contributed by atoms with Crippen molar-refractivity contribution in [2.75, 3.05) is 11.4 Å². The number of halogens is 3. The fraction of sp³-hybridized carbons (Fsp3) is 0.400. The van der Waals surface area contributed by atoms with Gasteiger partial charge in [0.2, 0.25) is 0 Å². The average molecular weight is 374 g/mol. The zero-order chi connectivity index (χ0) is 19.6. The first-order valence-corrected chi connectivity index (χ1v) is 8.92. The van der Waals surface area contributed by atoms with Crippen molar-refractivity contribution in [1.29, 1.82) is 5.26 Å². The molecular formula is C20H21F3N4. The predicted octanol–water partition coefficient (Wildman–Crippen LogP) is 5.07. The topological polar surface area (TPSA) is 55.7 Å². The van der Waals surface area contributed by atoms with Crippen LogP contribution in [0.5, 0.6) is 0 Å². The van der Waals surface area contributed by atoms with Gasteiger partial charge < -0.3 is 9.88 Å². The van der Waals surface area contributed by atoms with Gasteiger partial charge in [-0.15, -0.1) is 0 Å². The molecule has 0 amide bonds. The first-order chi connectivity index (χ1) is 12.8. The summed E-state index contributed by atoms with van der Waals surface area (Å²) in [6.45, 7) is 4.48.